The molecule has 0 aliphatic rings. The van der Waals surface area contributed by atoms with Crippen molar-refractivity contribution in [3.63, 3.8) is 0 Å². The molecule has 68 valence electrons. The Morgan fingerprint density at radius 1 is 1.69 bits per heavy atom. The van der Waals surface area contributed by atoms with Crippen molar-refractivity contribution in [2.24, 2.45) is 0 Å². The third-order valence-corrected chi connectivity index (χ3v) is 1.42. The van der Waals surface area contributed by atoms with Gasteiger partial charge in [0.05, 0.1) is 12.7 Å². The summed E-state index contributed by atoms with van der Waals surface area (Å²) in [6.07, 6.45) is 1.42. The zero-order valence-electron chi connectivity index (χ0n) is 7.13. The van der Waals surface area contributed by atoms with E-state index in [-0.39, 0.29) is 11.0 Å². The van der Waals surface area contributed by atoms with E-state index in [1.54, 1.807) is 0 Å². The Balaban J connectivity index is 2.85. The Kier molecular flexibility index (Phi) is 3.50. The van der Waals surface area contributed by atoms with Gasteiger partial charge in [-0.05, 0) is 13.0 Å². The van der Waals surface area contributed by atoms with E-state index < -0.39 is 0 Å². The van der Waals surface area contributed by atoms with Crippen LogP contribution in [0.2, 0.25) is 5.15 Å². The first-order valence-electron chi connectivity index (χ1n) is 3.65. The number of rotatable bonds is 1. The van der Waals surface area contributed by atoms with Gasteiger partial charge >= 0.3 is 0 Å². The first-order chi connectivity index (χ1) is 6.24. The van der Waals surface area contributed by atoms with Gasteiger partial charge in [0.1, 0.15) is 5.15 Å². The lowest BCUT2D eigenvalue weighted by Gasteiger charge is -1.95. The van der Waals surface area contributed by atoms with Crippen molar-refractivity contribution in [3.8, 4) is 11.8 Å². The molecule has 0 saturated carbocycles. The molecule has 1 heterocycles. The van der Waals surface area contributed by atoms with Crippen molar-refractivity contribution in [1.29, 1.82) is 0 Å². The molecule has 5 heteroatoms. The van der Waals surface area contributed by atoms with E-state index in [0.29, 0.717) is 12.2 Å². The first kappa shape index (κ1) is 9.78. The Morgan fingerprint density at radius 2 is 2.46 bits per heavy atom. The van der Waals surface area contributed by atoms with Gasteiger partial charge in [0.15, 0.2) is 11.5 Å². The normalized spacial score (nSPS) is 9.08. The molecule has 3 N–H and O–H groups in total. The molecule has 0 spiro atoms. The highest BCUT2D eigenvalue weighted by Crippen LogP contribution is 2.07. The minimum atomic E-state index is 0.260. The van der Waals surface area contributed by atoms with Crippen molar-refractivity contribution in [1.82, 2.24) is 15.3 Å². The monoisotopic (exact) mass is 196 g/mol. The summed E-state index contributed by atoms with van der Waals surface area (Å²) in [5.41, 5.74) is 5.98. The summed E-state index contributed by atoms with van der Waals surface area (Å²) >= 11 is 5.56. The number of anilines is 1. The summed E-state index contributed by atoms with van der Waals surface area (Å²) < 4.78 is 0. The predicted molar refractivity (Wildman–Crippen MR) is 52.3 cm³/mol. The standard InChI is InChI=1S/C8H9ClN4/c1-11-4-2-3-6-8(10)13-7(9)5-12-6/h5,11H,4H2,1H3,(H2,10,13). The maximum Gasteiger partial charge on any atom is 0.159 e. The summed E-state index contributed by atoms with van der Waals surface area (Å²) in [5.74, 6) is 5.86. The summed E-state index contributed by atoms with van der Waals surface area (Å²) in [5, 5.41) is 3.15. The fourth-order valence-corrected chi connectivity index (χ4v) is 0.833. The van der Waals surface area contributed by atoms with Crippen molar-refractivity contribution < 1.29 is 0 Å². The third kappa shape index (κ3) is 2.90. The van der Waals surface area contributed by atoms with Gasteiger partial charge in [-0.25, -0.2) is 9.97 Å². The van der Waals surface area contributed by atoms with E-state index in [0.717, 1.165) is 0 Å². The number of aromatic nitrogens is 2. The lowest BCUT2D eigenvalue weighted by atomic mass is 10.4. The molecule has 0 unspecified atom stereocenters. The van der Waals surface area contributed by atoms with Crippen molar-refractivity contribution in [2.45, 2.75) is 0 Å². The number of nitrogen functional groups attached to an aromatic ring is 1. The summed E-state index contributed by atoms with van der Waals surface area (Å²) in [6, 6.07) is 0. The Labute approximate surface area is 81.5 Å². The maximum atomic E-state index is 5.56. The first-order valence-corrected chi connectivity index (χ1v) is 4.03. The molecule has 0 aliphatic carbocycles. The summed E-state index contributed by atoms with van der Waals surface area (Å²) in [7, 11) is 1.81. The second-order valence-electron chi connectivity index (χ2n) is 2.26. The molecule has 13 heavy (non-hydrogen) atoms. The number of hydrogen-bond donors (Lipinski definition) is 2. The third-order valence-electron chi connectivity index (χ3n) is 1.24. The Bertz CT molecular complexity index is 353. The van der Waals surface area contributed by atoms with Crippen LogP contribution in [0.4, 0.5) is 5.82 Å². The van der Waals surface area contributed by atoms with Crippen LogP contribution in [0.3, 0.4) is 0 Å². The molecule has 0 fully saturated rings. The van der Waals surface area contributed by atoms with Crippen LogP contribution in [-0.4, -0.2) is 23.6 Å². The predicted octanol–water partition coefficient (Wildman–Crippen LogP) is 0.283. The number of nitrogens with one attached hydrogen (secondary N) is 1. The molecule has 0 radical (unpaired) electrons. The molecule has 1 aromatic rings. The number of nitrogens with zero attached hydrogens (tertiary/aromatic N) is 2. The molecule has 4 nitrogen and oxygen atoms in total. The lowest BCUT2D eigenvalue weighted by Crippen LogP contribution is -2.05. The fraction of sp³-hybridized carbons (Fsp3) is 0.250. The van der Waals surface area contributed by atoms with E-state index in [4.69, 9.17) is 17.3 Å². The van der Waals surface area contributed by atoms with Gasteiger partial charge < -0.3 is 11.1 Å². The van der Waals surface area contributed by atoms with Crippen LogP contribution in [0.15, 0.2) is 6.20 Å². The van der Waals surface area contributed by atoms with Crippen molar-refractivity contribution >= 4 is 17.4 Å². The zero-order valence-corrected chi connectivity index (χ0v) is 7.89. The molecular formula is C8H9ClN4. The smallest absolute Gasteiger partial charge is 0.159 e. The van der Waals surface area contributed by atoms with Crippen LogP contribution in [0, 0.1) is 11.8 Å². The van der Waals surface area contributed by atoms with Crippen LogP contribution in [-0.2, 0) is 0 Å². The van der Waals surface area contributed by atoms with Crippen LogP contribution >= 0.6 is 11.6 Å². The van der Waals surface area contributed by atoms with Gasteiger partial charge in [0, 0.05) is 0 Å². The van der Waals surface area contributed by atoms with E-state index in [9.17, 15) is 0 Å². The van der Waals surface area contributed by atoms with Crippen LogP contribution in [0.1, 0.15) is 5.69 Å². The van der Waals surface area contributed by atoms with Gasteiger partial charge in [-0.3, -0.25) is 0 Å². The van der Waals surface area contributed by atoms with E-state index in [1.807, 2.05) is 7.05 Å². The highest BCUT2D eigenvalue weighted by atomic mass is 35.5. The quantitative estimate of drug-likeness (QED) is 0.634. The largest absolute Gasteiger partial charge is 0.381 e. The highest BCUT2D eigenvalue weighted by Gasteiger charge is 1.98. The number of hydrogen-bond acceptors (Lipinski definition) is 4. The Hall–Kier alpha value is -1.31. The molecule has 1 rings (SSSR count). The number of halogens is 1. The molecule has 0 amide bonds. The zero-order chi connectivity index (χ0) is 9.68. The lowest BCUT2D eigenvalue weighted by molar-refractivity contribution is 0.938. The summed E-state index contributed by atoms with van der Waals surface area (Å²) in [4.78, 5) is 7.74. The van der Waals surface area contributed by atoms with Gasteiger partial charge in [-0.1, -0.05) is 17.5 Å². The fourth-order valence-electron chi connectivity index (χ4n) is 0.693. The molecule has 0 aliphatic heterocycles. The molecule has 1 aromatic heterocycles. The minimum Gasteiger partial charge on any atom is -0.381 e. The van der Waals surface area contributed by atoms with Crippen molar-refractivity contribution in [3.05, 3.63) is 17.0 Å². The number of nitrogens with two attached hydrogens (primary N) is 1. The second-order valence-corrected chi connectivity index (χ2v) is 2.65. The maximum absolute atomic E-state index is 5.56. The Morgan fingerprint density at radius 3 is 3.08 bits per heavy atom. The van der Waals surface area contributed by atoms with Crippen LogP contribution in [0.25, 0.3) is 0 Å². The SMILES string of the molecule is CNCC#Cc1ncc(Cl)nc1N. The van der Waals surface area contributed by atoms with Gasteiger partial charge in [0.2, 0.25) is 0 Å². The van der Waals surface area contributed by atoms with Gasteiger partial charge in [-0.15, -0.1) is 0 Å². The molecule has 0 bridgehead atoms. The molecule has 0 saturated heterocycles. The van der Waals surface area contributed by atoms with E-state index >= 15 is 0 Å². The van der Waals surface area contributed by atoms with E-state index in [1.165, 1.54) is 6.20 Å². The van der Waals surface area contributed by atoms with Crippen LogP contribution in [0.5, 0.6) is 0 Å². The van der Waals surface area contributed by atoms with Crippen molar-refractivity contribution in [2.75, 3.05) is 19.3 Å². The average molecular weight is 197 g/mol. The van der Waals surface area contributed by atoms with E-state index in [2.05, 4.69) is 27.1 Å². The molecule has 0 atom stereocenters. The van der Waals surface area contributed by atoms with Crippen LogP contribution < -0.4 is 11.1 Å². The highest BCUT2D eigenvalue weighted by molar-refractivity contribution is 6.29. The van der Waals surface area contributed by atoms with Gasteiger partial charge in [0.25, 0.3) is 0 Å². The molecule has 0 aromatic carbocycles. The second kappa shape index (κ2) is 4.65. The minimum absolute atomic E-state index is 0.260. The average Bonchev–Trinajstić information content (AvgIpc) is 2.09. The van der Waals surface area contributed by atoms with Gasteiger partial charge in [-0.2, -0.15) is 0 Å². The summed E-state index contributed by atoms with van der Waals surface area (Å²) in [6.45, 7) is 0.587. The topological polar surface area (TPSA) is 63.8 Å². The molecular weight excluding hydrogens is 188 g/mol.